The van der Waals surface area contributed by atoms with Gasteiger partial charge in [0.05, 0.1) is 0 Å². The summed E-state index contributed by atoms with van der Waals surface area (Å²) >= 11 is 0. The Hall–Kier alpha value is -0.170. The molecule has 2 atom stereocenters. The minimum absolute atomic E-state index is 0.00954. The van der Waals surface area contributed by atoms with E-state index in [1.165, 1.54) is 4.31 Å². The summed E-state index contributed by atoms with van der Waals surface area (Å²) in [6, 6.07) is 0.175. The molecule has 16 heavy (non-hydrogen) atoms. The zero-order valence-electron chi connectivity index (χ0n) is 10.1. The van der Waals surface area contributed by atoms with E-state index in [2.05, 4.69) is 12.2 Å². The first-order valence-electron chi connectivity index (χ1n) is 5.99. The summed E-state index contributed by atoms with van der Waals surface area (Å²) < 4.78 is 24.4. The van der Waals surface area contributed by atoms with Crippen molar-refractivity contribution >= 4 is 10.2 Å². The number of hydrogen-bond acceptors (Lipinski definition) is 3. The van der Waals surface area contributed by atoms with Gasteiger partial charge >= 0.3 is 0 Å². The molecule has 1 aliphatic rings. The highest BCUT2D eigenvalue weighted by Gasteiger charge is 2.33. The molecule has 0 amide bonds. The van der Waals surface area contributed by atoms with Gasteiger partial charge in [-0.3, -0.25) is 0 Å². The first-order valence-corrected chi connectivity index (χ1v) is 7.50. The third-order valence-electron chi connectivity index (χ3n) is 3.12. The van der Waals surface area contributed by atoms with Crippen molar-refractivity contribution in [2.45, 2.75) is 51.6 Å². The predicted molar refractivity (Wildman–Crippen MR) is 65.2 cm³/mol. The normalized spacial score (nSPS) is 25.6. The highest BCUT2D eigenvalue weighted by molar-refractivity contribution is 7.86. The van der Waals surface area contributed by atoms with Crippen LogP contribution in [-0.4, -0.2) is 37.9 Å². The fourth-order valence-electron chi connectivity index (χ4n) is 2.25. The van der Waals surface area contributed by atoms with Crippen molar-refractivity contribution in [3.8, 4) is 0 Å². The Labute approximate surface area is 98.6 Å². The molecule has 1 heterocycles. The SMILES string of the molecule is CCCNC(C)C1CCCCN1S(N)(=O)=O. The lowest BCUT2D eigenvalue weighted by molar-refractivity contribution is 0.209. The van der Waals surface area contributed by atoms with Crippen LogP contribution in [0, 0.1) is 0 Å². The second kappa shape index (κ2) is 5.95. The van der Waals surface area contributed by atoms with Crippen LogP contribution in [0.25, 0.3) is 0 Å². The summed E-state index contributed by atoms with van der Waals surface area (Å²) in [5.41, 5.74) is 0. The number of nitrogens with two attached hydrogens (primary N) is 1. The van der Waals surface area contributed by atoms with Gasteiger partial charge in [0.2, 0.25) is 0 Å². The maximum absolute atomic E-state index is 11.5. The molecule has 3 N–H and O–H groups in total. The van der Waals surface area contributed by atoms with Crippen molar-refractivity contribution < 1.29 is 8.42 Å². The van der Waals surface area contributed by atoms with Crippen LogP contribution < -0.4 is 10.5 Å². The van der Waals surface area contributed by atoms with Gasteiger partial charge in [-0.1, -0.05) is 13.3 Å². The smallest absolute Gasteiger partial charge is 0.277 e. The van der Waals surface area contributed by atoms with Crippen LogP contribution in [0.5, 0.6) is 0 Å². The largest absolute Gasteiger partial charge is 0.313 e. The first-order chi connectivity index (χ1) is 7.46. The second-order valence-corrected chi connectivity index (χ2v) is 5.96. The van der Waals surface area contributed by atoms with E-state index >= 15 is 0 Å². The summed E-state index contributed by atoms with van der Waals surface area (Å²) in [5, 5.41) is 8.58. The number of hydrogen-bond donors (Lipinski definition) is 2. The molecule has 0 saturated carbocycles. The van der Waals surface area contributed by atoms with Crippen LogP contribution in [0.2, 0.25) is 0 Å². The fourth-order valence-corrected chi connectivity index (χ4v) is 3.30. The van der Waals surface area contributed by atoms with Gasteiger partial charge in [0, 0.05) is 18.6 Å². The molecule has 1 aliphatic heterocycles. The zero-order chi connectivity index (χ0) is 12.2. The van der Waals surface area contributed by atoms with E-state index in [-0.39, 0.29) is 12.1 Å². The van der Waals surface area contributed by atoms with Crippen molar-refractivity contribution in [3.63, 3.8) is 0 Å². The van der Waals surface area contributed by atoms with E-state index < -0.39 is 10.2 Å². The molecule has 0 aromatic rings. The minimum Gasteiger partial charge on any atom is -0.313 e. The number of rotatable bonds is 5. The van der Waals surface area contributed by atoms with Crippen molar-refractivity contribution in [1.29, 1.82) is 0 Å². The van der Waals surface area contributed by atoms with Crippen LogP contribution >= 0.6 is 0 Å². The van der Waals surface area contributed by atoms with Gasteiger partial charge < -0.3 is 5.32 Å². The fraction of sp³-hybridized carbons (Fsp3) is 1.00. The lowest BCUT2D eigenvalue weighted by atomic mass is 9.99. The van der Waals surface area contributed by atoms with Gasteiger partial charge in [0.25, 0.3) is 10.2 Å². The summed E-state index contributed by atoms with van der Waals surface area (Å²) in [6.07, 6.45) is 3.93. The van der Waals surface area contributed by atoms with E-state index in [0.29, 0.717) is 6.54 Å². The molecule has 5 nitrogen and oxygen atoms in total. The average Bonchev–Trinajstić information content (AvgIpc) is 2.24. The van der Waals surface area contributed by atoms with E-state index in [1.807, 2.05) is 6.92 Å². The summed E-state index contributed by atoms with van der Waals surface area (Å²) in [4.78, 5) is 0. The predicted octanol–water partition coefficient (Wildman–Crippen LogP) is 0.433. The molecule has 0 aromatic heterocycles. The highest BCUT2D eigenvalue weighted by Crippen LogP contribution is 2.21. The van der Waals surface area contributed by atoms with Crippen molar-refractivity contribution in [2.75, 3.05) is 13.1 Å². The molecule has 0 bridgehead atoms. The van der Waals surface area contributed by atoms with Crippen molar-refractivity contribution in [3.05, 3.63) is 0 Å². The molecule has 0 spiro atoms. The number of nitrogens with zero attached hydrogens (tertiary/aromatic N) is 1. The Bertz CT molecular complexity index is 305. The van der Waals surface area contributed by atoms with E-state index in [4.69, 9.17) is 5.14 Å². The molecule has 1 saturated heterocycles. The summed E-state index contributed by atoms with van der Waals surface area (Å²) in [7, 11) is -3.55. The van der Waals surface area contributed by atoms with Gasteiger partial charge in [-0.25, -0.2) is 5.14 Å². The lowest BCUT2D eigenvalue weighted by Crippen LogP contribution is -2.55. The second-order valence-electron chi connectivity index (χ2n) is 4.46. The van der Waals surface area contributed by atoms with Crippen LogP contribution in [0.3, 0.4) is 0 Å². The number of piperidine rings is 1. The Kier molecular flexibility index (Phi) is 5.17. The highest BCUT2D eigenvalue weighted by atomic mass is 32.2. The van der Waals surface area contributed by atoms with Gasteiger partial charge in [-0.05, 0) is 32.7 Å². The van der Waals surface area contributed by atoms with Gasteiger partial charge in [-0.2, -0.15) is 12.7 Å². The maximum Gasteiger partial charge on any atom is 0.277 e. The zero-order valence-corrected chi connectivity index (χ0v) is 11.0. The molecule has 0 aromatic carbocycles. The molecular weight excluding hydrogens is 226 g/mol. The Morgan fingerprint density at radius 3 is 2.75 bits per heavy atom. The monoisotopic (exact) mass is 249 g/mol. The first kappa shape index (κ1) is 13.9. The molecule has 2 unspecified atom stereocenters. The van der Waals surface area contributed by atoms with Crippen molar-refractivity contribution in [2.24, 2.45) is 5.14 Å². The molecule has 0 radical (unpaired) electrons. The molecular formula is C10H23N3O2S. The average molecular weight is 249 g/mol. The molecule has 0 aliphatic carbocycles. The van der Waals surface area contributed by atoms with Gasteiger partial charge in [0.1, 0.15) is 0 Å². The quantitative estimate of drug-likeness (QED) is 0.742. The van der Waals surface area contributed by atoms with Gasteiger partial charge in [0.15, 0.2) is 0 Å². The Balaban J connectivity index is 2.66. The molecule has 96 valence electrons. The van der Waals surface area contributed by atoms with Crippen LogP contribution in [0.15, 0.2) is 0 Å². The number of nitrogens with one attached hydrogen (secondary N) is 1. The van der Waals surface area contributed by atoms with Crippen LogP contribution in [0.4, 0.5) is 0 Å². The standard InChI is InChI=1S/C10H23N3O2S/c1-3-7-12-9(2)10-6-4-5-8-13(10)16(11,14)15/h9-10,12H,3-8H2,1-2H3,(H2,11,14,15). The Morgan fingerprint density at radius 2 is 2.19 bits per heavy atom. The lowest BCUT2D eigenvalue weighted by Gasteiger charge is -2.37. The van der Waals surface area contributed by atoms with Crippen LogP contribution in [-0.2, 0) is 10.2 Å². The summed E-state index contributed by atoms with van der Waals surface area (Å²) in [5.74, 6) is 0. The van der Waals surface area contributed by atoms with E-state index in [1.54, 1.807) is 0 Å². The van der Waals surface area contributed by atoms with Crippen molar-refractivity contribution in [1.82, 2.24) is 9.62 Å². The molecule has 1 rings (SSSR count). The van der Waals surface area contributed by atoms with E-state index in [0.717, 1.165) is 32.2 Å². The van der Waals surface area contributed by atoms with Crippen LogP contribution in [0.1, 0.15) is 39.5 Å². The molecule has 6 heteroatoms. The summed E-state index contributed by atoms with van der Waals surface area (Å²) in [6.45, 7) is 5.60. The third-order valence-corrected chi connectivity index (χ3v) is 4.23. The molecule has 1 fully saturated rings. The maximum atomic E-state index is 11.5. The van der Waals surface area contributed by atoms with E-state index in [9.17, 15) is 8.42 Å². The topological polar surface area (TPSA) is 75.4 Å². The minimum atomic E-state index is -3.55. The Morgan fingerprint density at radius 1 is 1.50 bits per heavy atom. The third kappa shape index (κ3) is 3.69. The van der Waals surface area contributed by atoms with Gasteiger partial charge in [-0.15, -0.1) is 0 Å².